The van der Waals surface area contributed by atoms with Gasteiger partial charge in [-0.15, -0.1) is 0 Å². The summed E-state index contributed by atoms with van der Waals surface area (Å²) in [5.74, 6) is 0. The summed E-state index contributed by atoms with van der Waals surface area (Å²) in [4.78, 5) is 5.22. The molecule has 4 aliphatic rings. The summed E-state index contributed by atoms with van der Waals surface area (Å²) in [6, 6.07) is 63.8. The van der Waals surface area contributed by atoms with E-state index in [0.717, 1.165) is 12.1 Å². The van der Waals surface area contributed by atoms with Gasteiger partial charge in [0, 0.05) is 45.0 Å². The number of anilines is 6. The van der Waals surface area contributed by atoms with Gasteiger partial charge in [-0.3, -0.25) is 0 Å². The minimum Gasteiger partial charge on any atom is -0.311 e. The molecule has 8 aromatic carbocycles. The quantitative estimate of drug-likeness (QED) is 0.153. The predicted octanol–water partition coefficient (Wildman–Crippen LogP) is 18.2. The molecule has 0 aromatic heterocycles. The van der Waals surface area contributed by atoms with Gasteiger partial charge < -0.3 is 9.80 Å². The van der Waals surface area contributed by atoms with Crippen molar-refractivity contribution in [2.24, 2.45) is 0 Å². The van der Waals surface area contributed by atoms with Crippen molar-refractivity contribution in [1.82, 2.24) is 0 Å². The predicted molar refractivity (Wildman–Crippen MR) is 330 cm³/mol. The summed E-state index contributed by atoms with van der Waals surface area (Å²) in [6.07, 6.45) is 3.42. The Balaban J connectivity index is 1.07. The highest BCUT2D eigenvalue weighted by molar-refractivity contribution is 7.00. The lowest BCUT2D eigenvalue weighted by atomic mass is 9.33. The van der Waals surface area contributed by atoms with Gasteiger partial charge in [-0.25, -0.2) is 0 Å². The summed E-state index contributed by atoms with van der Waals surface area (Å²) in [7, 11) is 0. The molecular weight excluding hydrogens is 916 g/mol. The van der Waals surface area contributed by atoms with Crippen LogP contribution in [-0.2, 0) is 27.1 Å². The van der Waals surface area contributed by atoms with Crippen molar-refractivity contribution < 1.29 is 0 Å². The summed E-state index contributed by atoms with van der Waals surface area (Å²) in [5.41, 5.74) is 31.2. The third-order valence-electron chi connectivity index (χ3n) is 17.8. The summed E-state index contributed by atoms with van der Waals surface area (Å²) < 4.78 is 0. The first kappa shape index (κ1) is 49.8. The van der Waals surface area contributed by atoms with E-state index in [0.29, 0.717) is 0 Å². The number of hydrogen-bond acceptors (Lipinski definition) is 2. The largest absolute Gasteiger partial charge is 0.311 e. The van der Waals surface area contributed by atoms with Gasteiger partial charge in [0.15, 0.2) is 0 Å². The standard InChI is InChI=1S/C73H75BN2/c1-16-22-54(66-45(2)53-23-17-19-27-58(53)72(66,12)13)46-29-37-52(38-30-46)76-63-42-49(70(6,7)8)33-39-60(63)74-61-41-48(69(3,4)5)34-40-62(61)75(64-43-50(71(9,10)11)44-65(76)68(64)74)51-35-31-47(32-36-51)55-25-21-26-57-56-24-18-20-28-59(56)73(14,15)67(55)57/h17-44H,16H2,1-15H3/b54-22-. The van der Waals surface area contributed by atoms with Gasteiger partial charge in [0.1, 0.15) is 0 Å². The van der Waals surface area contributed by atoms with Crippen molar-refractivity contribution in [3.05, 3.63) is 220 Å². The van der Waals surface area contributed by atoms with Gasteiger partial charge in [0.25, 0.3) is 6.71 Å². The summed E-state index contributed by atoms with van der Waals surface area (Å²) in [6.45, 7) is 35.4. The van der Waals surface area contributed by atoms with Crippen LogP contribution in [0.5, 0.6) is 0 Å². The van der Waals surface area contributed by atoms with Gasteiger partial charge in [0.05, 0.1) is 0 Å². The maximum Gasteiger partial charge on any atom is 0.252 e. The highest BCUT2D eigenvalue weighted by atomic mass is 15.2. The Morgan fingerprint density at radius 1 is 0.474 bits per heavy atom. The fourth-order valence-corrected chi connectivity index (χ4v) is 13.8. The molecule has 2 heterocycles. The second-order valence-corrected chi connectivity index (χ2v) is 26.5. The van der Waals surface area contributed by atoms with Crippen LogP contribution in [0.25, 0.3) is 33.4 Å². The van der Waals surface area contributed by atoms with E-state index in [9.17, 15) is 0 Å². The van der Waals surface area contributed by atoms with Crippen LogP contribution >= 0.6 is 0 Å². The molecular formula is C73H75BN2. The van der Waals surface area contributed by atoms with Crippen LogP contribution in [0.15, 0.2) is 175 Å². The number of rotatable bonds is 6. The Hall–Kier alpha value is -7.10. The minimum absolute atomic E-state index is 0.0161. The molecule has 8 aromatic rings. The Morgan fingerprint density at radius 2 is 0.987 bits per heavy atom. The normalized spacial score (nSPS) is 16.0. The van der Waals surface area contributed by atoms with Crippen LogP contribution in [0, 0.1) is 0 Å². The number of hydrogen-bond donors (Lipinski definition) is 0. The molecule has 0 unspecified atom stereocenters. The van der Waals surface area contributed by atoms with Crippen LogP contribution in [0.4, 0.5) is 34.1 Å². The highest BCUT2D eigenvalue weighted by Gasteiger charge is 2.46. The Kier molecular flexibility index (Phi) is 11.3. The van der Waals surface area contributed by atoms with E-state index in [1.165, 1.54) is 128 Å². The maximum absolute atomic E-state index is 2.62. The molecule has 0 saturated carbocycles. The fourth-order valence-electron chi connectivity index (χ4n) is 13.8. The maximum atomic E-state index is 2.62. The lowest BCUT2D eigenvalue weighted by Gasteiger charge is -2.45. The Morgan fingerprint density at radius 3 is 1.59 bits per heavy atom. The first-order valence-corrected chi connectivity index (χ1v) is 28.0. The van der Waals surface area contributed by atoms with E-state index >= 15 is 0 Å². The van der Waals surface area contributed by atoms with Gasteiger partial charge in [-0.1, -0.05) is 218 Å². The second kappa shape index (κ2) is 17.2. The molecule has 0 spiro atoms. The average molecular weight is 991 g/mol. The molecule has 76 heavy (non-hydrogen) atoms. The first-order chi connectivity index (χ1) is 36.0. The van der Waals surface area contributed by atoms with Crippen molar-refractivity contribution >= 4 is 68.4 Å². The fraction of sp³-hybridized carbons (Fsp3) is 0.288. The Bertz CT molecular complexity index is 3740. The van der Waals surface area contributed by atoms with Crippen molar-refractivity contribution in [1.29, 1.82) is 0 Å². The molecule has 0 fully saturated rings. The molecule has 0 amide bonds. The van der Waals surface area contributed by atoms with Crippen LogP contribution in [0.3, 0.4) is 0 Å². The van der Waals surface area contributed by atoms with Crippen LogP contribution < -0.4 is 26.2 Å². The van der Waals surface area contributed by atoms with Gasteiger partial charge in [-0.05, 0) is 178 Å². The van der Waals surface area contributed by atoms with E-state index in [2.05, 4.69) is 284 Å². The zero-order chi connectivity index (χ0) is 53.6. The molecule has 380 valence electrons. The molecule has 0 saturated heterocycles. The lowest BCUT2D eigenvalue weighted by molar-refractivity contribution is 0.589. The SMILES string of the molecule is CC/C=C(\C1=C(C)c2ccccc2C1(C)C)c1ccc(N2c3cc(C(C)(C)C)ccc3B3c4cc(C(C)(C)C)ccc4N(c4ccc(-c5cccc6c5C(C)(C)c5ccccc5-6)cc4)c4cc(C(C)(C)C)cc2c43)cc1. The molecule has 2 nitrogen and oxygen atoms in total. The van der Waals surface area contributed by atoms with E-state index in [-0.39, 0.29) is 33.8 Å². The number of benzene rings is 8. The first-order valence-electron chi connectivity index (χ1n) is 28.0. The molecule has 0 radical (unpaired) electrons. The van der Waals surface area contributed by atoms with Crippen molar-refractivity contribution in [2.75, 3.05) is 9.80 Å². The van der Waals surface area contributed by atoms with Crippen LogP contribution in [0.1, 0.15) is 155 Å². The molecule has 3 heteroatoms. The topological polar surface area (TPSA) is 6.48 Å². The number of fused-ring (bicyclic) bond motifs is 8. The van der Waals surface area contributed by atoms with Crippen molar-refractivity contribution in [3.63, 3.8) is 0 Å². The average Bonchev–Trinajstić information content (AvgIpc) is 3.91. The highest BCUT2D eigenvalue weighted by Crippen LogP contribution is 2.54. The van der Waals surface area contributed by atoms with Crippen LogP contribution in [-0.4, -0.2) is 6.71 Å². The van der Waals surface area contributed by atoms with E-state index in [1.54, 1.807) is 0 Å². The smallest absolute Gasteiger partial charge is 0.252 e. The van der Waals surface area contributed by atoms with E-state index in [4.69, 9.17) is 0 Å². The van der Waals surface area contributed by atoms with E-state index < -0.39 is 0 Å². The van der Waals surface area contributed by atoms with E-state index in [1.807, 2.05) is 0 Å². The molecule has 2 aliphatic carbocycles. The molecule has 0 atom stereocenters. The monoisotopic (exact) mass is 991 g/mol. The molecule has 0 bridgehead atoms. The van der Waals surface area contributed by atoms with Crippen molar-refractivity contribution in [3.8, 4) is 22.3 Å². The van der Waals surface area contributed by atoms with Crippen LogP contribution in [0.2, 0.25) is 0 Å². The molecule has 12 rings (SSSR count). The zero-order valence-corrected chi connectivity index (χ0v) is 47.8. The summed E-state index contributed by atoms with van der Waals surface area (Å²) in [5, 5.41) is 0. The number of nitrogens with zero attached hydrogens (tertiary/aromatic N) is 2. The molecule has 2 aliphatic heterocycles. The zero-order valence-electron chi connectivity index (χ0n) is 47.8. The second-order valence-electron chi connectivity index (χ2n) is 26.5. The minimum atomic E-state index is -0.134. The third-order valence-corrected chi connectivity index (χ3v) is 17.8. The van der Waals surface area contributed by atoms with Gasteiger partial charge in [0.2, 0.25) is 0 Å². The van der Waals surface area contributed by atoms with Crippen molar-refractivity contribution in [2.45, 2.75) is 137 Å². The van der Waals surface area contributed by atoms with Gasteiger partial charge in [-0.2, -0.15) is 0 Å². The lowest BCUT2D eigenvalue weighted by Crippen LogP contribution is -2.61. The Labute approximate surface area is 455 Å². The number of allylic oxidation sites excluding steroid dienone is 4. The third kappa shape index (κ3) is 7.57. The molecule has 0 N–H and O–H groups in total. The van der Waals surface area contributed by atoms with Gasteiger partial charge >= 0.3 is 0 Å². The summed E-state index contributed by atoms with van der Waals surface area (Å²) >= 11 is 0.